The van der Waals surface area contributed by atoms with Gasteiger partial charge in [0.2, 0.25) is 0 Å². The zero-order valence-corrected chi connectivity index (χ0v) is 11.2. The van der Waals surface area contributed by atoms with Gasteiger partial charge < -0.3 is 0 Å². The number of hydrogen-bond donors (Lipinski definition) is 0. The van der Waals surface area contributed by atoms with E-state index in [9.17, 15) is 8.60 Å². The fourth-order valence-electron chi connectivity index (χ4n) is 1.63. The zero-order chi connectivity index (χ0) is 14.4. The standard InChI is InChI=1S/C16H10FNOS/c17-15-8-3-12(4-9-15)5-10-16(20-19)14-6-1-13(11-18)2-7-14/h1-10H. The largest absolute Gasteiger partial charge is 0.212 e. The SMILES string of the molecule is N#Cc1ccc(C(C=Cc2ccc(F)cc2)=S=O)cc1. The molecule has 0 aliphatic rings. The topological polar surface area (TPSA) is 40.9 Å². The van der Waals surface area contributed by atoms with E-state index in [1.54, 1.807) is 48.6 Å². The molecule has 0 spiro atoms. The number of nitrogens with zero attached hydrogens (tertiary/aromatic N) is 1. The van der Waals surface area contributed by atoms with Crippen molar-refractivity contribution in [1.29, 1.82) is 5.26 Å². The summed E-state index contributed by atoms with van der Waals surface area (Å²) in [5.74, 6) is -0.295. The number of allylic oxidation sites excluding steroid dienone is 1. The Balaban J connectivity index is 2.23. The molecule has 0 radical (unpaired) electrons. The molecule has 0 saturated heterocycles. The Morgan fingerprint density at radius 1 is 1.10 bits per heavy atom. The van der Waals surface area contributed by atoms with E-state index in [4.69, 9.17) is 5.26 Å². The first-order chi connectivity index (χ1) is 9.72. The van der Waals surface area contributed by atoms with Crippen LogP contribution in [0, 0.1) is 17.1 Å². The maximum absolute atomic E-state index is 12.8. The third-order valence-corrected chi connectivity index (χ3v) is 3.24. The van der Waals surface area contributed by atoms with E-state index in [0.29, 0.717) is 21.7 Å². The molecule has 0 amide bonds. The lowest BCUT2D eigenvalue weighted by Gasteiger charge is -1.98. The number of halogens is 1. The van der Waals surface area contributed by atoms with Gasteiger partial charge in [-0.2, -0.15) is 5.26 Å². The average molecular weight is 283 g/mol. The van der Waals surface area contributed by atoms with Gasteiger partial charge in [0, 0.05) is 0 Å². The van der Waals surface area contributed by atoms with Gasteiger partial charge in [-0.25, -0.2) is 8.60 Å². The van der Waals surface area contributed by atoms with Crippen LogP contribution in [0.25, 0.3) is 6.08 Å². The monoisotopic (exact) mass is 283 g/mol. The summed E-state index contributed by atoms with van der Waals surface area (Å²) in [5.41, 5.74) is 2.11. The summed E-state index contributed by atoms with van der Waals surface area (Å²) < 4.78 is 23.9. The maximum Gasteiger partial charge on any atom is 0.123 e. The van der Waals surface area contributed by atoms with Crippen LogP contribution in [0.2, 0.25) is 0 Å². The number of hydrogen-bond acceptors (Lipinski definition) is 2. The number of benzene rings is 2. The van der Waals surface area contributed by atoms with Gasteiger partial charge in [-0.3, -0.25) is 0 Å². The Morgan fingerprint density at radius 2 is 1.75 bits per heavy atom. The normalized spacial score (nSPS) is 10.2. The quantitative estimate of drug-likeness (QED) is 0.493. The lowest BCUT2D eigenvalue weighted by molar-refractivity contribution is 0.628. The van der Waals surface area contributed by atoms with E-state index in [1.807, 2.05) is 6.07 Å². The Hall–Kier alpha value is -2.51. The molecule has 0 aliphatic carbocycles. The third kappa shape index (κ3) is 3.50. The van der Waals surface area contributed by atoms with E-state index in [-0.39, 0.29) is 5.82 Å². The van der Waals surface area contributed by atoms with E-state index in [0.717, 1.165) is 11.1 Å². The summed E-state index contributed by atoms with van der Waals surface area (Å²) in [6.07, 6.45) is 3.43. The molecule has 0 fully saturated rings. The van der Waals surface area contributed by atoms with E-state index in [2.05, 4.69) is 0 Å². The second-order valence-corrected chi connectivity index (χ2v) is 4.63. The fraction of sp³-hybridized carbons (Fsp3) is 0. The Bertz CT molecular complexity index is 721. The van der Waals surface area contributed by atoms with Crippen LogP contribution in [-0.4, -0.2) is 9.07 Å². The van der Waals surface area contributed by atoms with Gasteiger partial charge >= 0.3 is 0 Å². The lowest BCUT2D eigenvalue weighted by Crippen LogP contribution is -1.95. The van der Waals surface area contributed by atoms with Gasteiger partial charge in [-0.15, -0.1) is 0 Å². The minimum Gasteiger partial charge on any atom is -0.212 e. The molecule has 0 heterocycles. The van der Waals surface area contributed by atoms with Crippen LogP contribution in [0.4, 0.5) is 4.39 Å². The van der Waals surface area contributed by atoms with Crippen LogP contribution in [0.5, 0.6) is 0 Å². The van der Waals surface area contributed by atoms with Crippen LogP contribution >= 0.6 is 0 Å². The summed E-state index contributed by atoms with van der Waals surface area (Å²) in [5, 5.41) is 8.73. The Labute approximate surface area is 119 Å². The molecule has 4 heteroatoms. The lowest BCUT2D eigenvalue weighted by atomic mass is 10.1. The molecular formula is C16H10FNOS. The molecule has 98 valence electrons. The van der Waals surface area contributed by atoms with Crippen LogP contribution in [0.15, 0.2) is 54.6 Å². The summed E-state index contributed by atoms with van der Waals surface area (Å²) in [4.78, 5) is 0.541. The van der Waals surface area contributed by atoms with E-state index >= 15 is 0 Å². The van der Waals surface area contributed by atoms with Gasteiger partial charge in [0.25, 0.3) is 0 Å². The zero-order valence-electron chi connectivity index (χ0n) is 10.4. The molecule has 0 N–H and O–H groups in total. The van der Waals surface area contributed by atoms with Crippen molar-refractivity contribution in [2.24, 2.45) is 0 Å². The molecule has 0 unspecified atom stereocenters. The van der Waals surface area contributed by atoms with Crippen molar-refractivity contribution >= 4 is 22.2 Å². The molecule has 0 saturated carbocycles. The smallest absolute Gasteiger partial charge is 0.123 e. The van der Waals surface area contributed by atoms with Gasteiger partial charge in [0.05, 0.1) is 27.8 Å². The molecule has 2 aromatic carbocycles. The predicted octanol–water partition coefficient (Wildman–Crippen LogP) is 3.14. The Kier molecular flexibility index (Phi) is 4.59. The maximum atomic E-state index is 12.8. The molecule has 2 rings (SSSR count). The van der Waals surface area contributed by atoms with Gasteiger partial charge in [0.1, 0.15) is 5.82 Å². The fourth-order valence-corrected chi connectivity index (χ4v) is 1.98. The highest BCUT2D eigenvalue weighted by Crippen LogP contribution is 2.08. The van der Waals surface area contributed by atoms with Gasteiger partial charge in [-0.05, 0) is 41.5 Å². The van der Waals surface area contributed by atoms with Crippen molar-refractivity contribution < 1.29 is 8.60 Å². The van der Waals surface area contributed by atoms with Crippen molar-refractivity contribution in [2.45, 2.75) is 0 Å². The van der Waals surface area contributed by atoms with Crippen LogP contribution in [0.3, 0.4) is 0 Å². The highest BCUT2D eigenvalue weighted by atomic mass is 32.1. The van der Waals surface area contributed by atoms with Crippen molar-refractivity contribution in [3.63, 3.8) is 0 Å². The minimum absolute atomic E-state index is 0.295. The van der Waals surface area contributed by atoms with Crippen LogP contribution in [0.1, 0.15) is 16.7 Å². The van der Waals surface area contributed by atoms with E-state index < -0.39 is 0 Å². The average Bonchev–Trinajstić information content (AvgIpc) is 2.50. The highest BCUT2D eigenvalue weighted by Gasteiger charge is 1.99. The summed E-state index contributed by atoms with van der Waals surface area (Å²) in [6.45, 7) is 0. The molecular weight excluding hydrogens is 273 g/mol. The van der Waals surface area contributed by atoms with Crippen molar-refractivity contribution in [3.05, 3.63) is 77.1 Å². The molecule has 0 aliphatic heterocycles. The molecule has 2 nitrogen and oxygen atoms in total. The predicted molar refractivity (Wildman–Crippen MR) is 78.8 cm³/mol. The Morgan fingerprint density at radius 3 is 2.30 bits per heavy atom. The second-order valence-electron chi connectivity index (χ2n) is 4.02. The second kappa shape index (κ2) is 6.60. The number of nitriles is 1. The first-order valence-corrected chi connectivity index (χ1v) is 6.58. The van der Waals surface area contributed by atoms with E-state index in [1.165, 1.54) is 12.1 Å². The van der Waals surface area contributed by atoms with Crippen molar-refractivity contribution in [1.82, 2.24) is 0 Å². The van der Waals surface area contributed by atoms with Crippen LogP contribution in [-0.2, 0) is 11.3 Å². The molecule has 0 atom stereocenters. The number of rotatable bonds is 3. The first kappa shape index (κ1) is 13.9. The van der Waals surface area contributed by atoms with Gasteiger partial charge in [0.15, 0.2) is 0 Å². The summed E-state index contributed by atoms with van der Waals surface area (Å²) in [6, 6.07) is 14.8. The molecule has 2 aromatic rings. The third-order valence-electron chi connectivity index (χ3n) is 2.69. The summed E-state index contributed by atoms with van der Waals surface area (Å²) >= 11 is 0.382. The molecule has 0 bridgehead atoms. The highest BCUT2D eigenvalue weighted by molar-refractivity contribution is 7.67. The van der Waals surface area contributed by atoms with Crippen molar-refractivity contribution in [3.8, 4) is 6.07 Å². The minimum atomic E-state index is -0.295. The molecule has 20 heavy (non-hydrogen) atoms. The van der Waals surface area contributed by atoms with Gasteiger partial charge in [-0.1, -0.05) is 30.3 Å². The van der Waals surface area contributed by atoms with Crippen LogP contribution < -0.4 is 0 Å². The van der Waals surface area contributed by atoms with Crippen molar-refractivity contribution in [2.75, 3.05) is 0 Å². The summed E-state index contributed by atoms with van der Waals surface area (Å²) in [7, 11) is 0. The first-order valence-electron chi connectivity index (χ1n) is 5.84. The molecule has 0 aromatic heterocycles.